The second-order valence-corrected chi connectivity index (χ2v) is 6.47. The molecule has 1 rings (SSSR count). The molecule has 8 nitrogen and oxygen atoms in total. The summed E-state index contributed by atoms with van der Waals surface area (Å²) in [6, 6.07) is 4.68. The summed E-state index contributed by atoms with van der Waals surface area (Å²) in [6.07, 6.45) is -12.8. The van der Waals surface area contributed by atoms with Crippen molar-refractivity contribution < 1.29 is 55.4 Å². The number of hydrogen-bond donors (Lipinski definition) is 1. The molecule has 29 heavy (non-hydrogen) atoms. The summed E-state index contributed by atoms with van der Waals surface area (Å²) in [5.74, 6) is -4.02. The number of carbonyl (C=O) groups is 2. The minimum absolute atomic E-state index is 0.251. The number of halogens is 7. The lowest BCUT2D eigenvalue weighted by atomic mass is 10.0. The van der Waals surface area contributed by atoms with E-state index in [0.29, 0.717) is 0 Å². The number of esters is 2. The Bertz CT molecular complexity index is 751. The van der Waals surface area contributed by atoms with Crippen LogP contribution in [0.2, 0.25) is 0 Å². The number of non-ortho nitro benzene ring substituents is 1. The number of rotatable bonds is 7. The fraction of sp³-hybridized carbons (Fsp3) is 0.429. The maximum atomic E-state index is 12.5. The number of nitro benzene ring substituents is 1. The molecule has 0 saturated carbocycles. The van der Waals surface area contributed by atoms with Crippen molar-refractivity contribution in [3.63, 3.8) is 0 Å². The Hall–Kier alpha value is -2.17. The van der Waals surface area contributed by atoms with Crippen molar-refractivity contribution in [3.8, 4) is 0 Å². The lowest BCUT2D eigenvalue weighted by molar-refractivity contribution is -0.384. The number of nitro groups is 1. The summed E-state index contributed by atoms with van der Waals surface area (Å²) in [7, 11) is 0. The normalized spacial score (nSPS) is 13.5. The smallest absolute Gasteiger partial charge is 0.437 e. The van der Waals surface area contributed by atoms with Crippen LogP contribution >= 0.6 is 22.6 Å². The lowest BCUT2D eigenvalue weighted by Gasteiger charge is -2.29. The highest BCUT2D eigenvalue weighted by atomic mass is 127. The van der Waals surface area contributed by atoms with Crippen LogP contribution in [0.1, 0.15) is 9.49 Å². The van der Waals surface area contributed by atoms with Gasteiger partial charge < -0.3 is 14.6 Å². The molecule has 1 aromatic carbocycles. The topological polar surface area (TPSA) is 116 Å². The van der Waals surface area contributed by atoms with Gasteiger partial charge in [-0.2, -0.15) is 26.3 Å². The third-order valence-electron chi connectivity index (χ3n) is 3.28. The van der Waals surface area contributed by atoms with Crippen molar-refractivity contribution in [1.29, 1.82) is 0 Å². The van der Waals surface area contributed by atoms with Gasteiger partial charge in [0.15, 0.2) is 0 Å². The molecule has 0 aliphatic rings. The summed E-state index contributed by atoms with van der Waals surface area (Å²) in [6.45, 7) is -2.09. The summed E-state index contributed by atoms with van der Waals surface area (Å²) in [4.78, 5) is 32.8. The molecule has 1 atom stereocenters. The van der Waals surface area contributed by atoms with Crippen LogP contribution in [0, 0.1) is 10.1 Å². The molecule has 0 amide bonds. The van der Waals surface area contributed by atoms with Gasteiger partial charge >= 0.3 is 29.9 Å². The van der Waals surface area contributed by atoms with Gasteiger partial charge in [0.25, 0.3) is 5.69 Å². The van der Waals surface area contributed by atoms with Crippen molar-refractivity contribution in [2.45, 2.75) is 21.9 Å². The average molecular weight is 545 g/mol. The summed E-state index contributed by atoms with van der Waals surface area (Å²) >= 11 is 1.57. The quantitative estimate of drug-likeness (QED) is 0.107. The molecular weight excluding hydrogens is 535 g/mol. The number of hydrogen-bond acceptors (Lipinski definition) is 7. The first-order chi connectivity index (χ1) is 13.1. The molecule has 0 radical (unpaired) electrons. The molecule has 0 aliphatic carbocycles. The highest BCUT2D eigenvalue weighted by Crippen LogP contribution is 2.43. The van der Waals surface area contributed by atoms with E-state index in [0.717, 1.165) is 12.1 Å². The van der Waals surface area contributed by atoms with E-state index in [1.165, 1.54) is 12.1 Å². The fourth-order valence-corrected chi connectivity index (χ4v) is 2.34. The van der Waals surface area contributed by atoms with Crippen LogP contribution in [0.5, 0.6) is 0 Å². The highest BCUT2D eigenvalue weighted by molar-refractivity contribution is 14.1. The van der Waals surface area contributed by atoms with Crippen LogP contribution in [0.15, 0.2) is 24.3 Å². The van der Waals surface area contributed by atoms with E-state index in [1.54, 1.807) is 22.6 Å². The van der Waals surface area contributed by atoms with Gasteiger partial charge in [-0.3, -0.25) is 14.9 Å². The molecule has 0 aromatic heterocycles. The monoisotopic (exact) mass is 545 g/mol. The van der Waals surface area contributed by atoms with Gasteiger partial charge in [0.05, 0.1) is 4.92 Å². The van der Waals surface area contributed by atoms with Gasteiger partial charge in [0.2, 0.25) is 0 Å². The van der Waals surface area contributed by atoms with Crippen LogP contribution in [-0.4, -0.2) is 53.1 Å². The first kappa shape index (κ1) is 24.9. The Balaban J connectivity index is 2.63. The molecular formula is C14H10F6INO7. The summed E-state index contributed by atoms with van der Waals surface area (Å²) < 4.78 is 82.1. The van der Waals surface area contributed by atoms with Gasteiger partial charge in [-0.25, -0.2) is 4.79 Å². The predicted octanol–water partition coefficient (Wildman–Crippen LogP) is 3.01. The number of aliphatic hydroxyl groups is 1. The molecule has 0 fully saturated rings. The van der Waals surface area contributed by atoms with E-state index >= 15 is 0 Å². The Kier molecular flexibility index (Phi) is 7.80. The number of carbonyl (C=O) groups excluding carboxylic acids is 2. The van der Waals surface area contributed by atoms with Crippen LogP contribution < -0.4 is 0 Å². The third-order valence-corrected chi connectivity index (χ3v) is 4.51. The van der Waals surface area contributed by atoms with Crippen molar-refractivity contribution in [3.05, 3.63) is 39.9 Å². The Labute approximate surface area is 171 Å². The van der Waals surface area contributed by atoms with Gasteiger partial charge in [0, 0.05) is 12.1 Å². The van der Waals surface area contributed by atoms with E-state index in [2.05, 4.69) is 9.47 Å². The van der Waals surface area contributed by atoms with Crippen molar-refractivity contribution >= 4 is 40.2 Å². The van der Waals surface area contributed by atoms with Gasteiger partial charge in [-0.05, 0) is 5.56 Å². The molecule has 1 unspecified atom stereocenters. The highest BCUT2D eigenvalue weighted by Gasteiger charge is 2.76. The van der Waals surface area contributed by atoms with Crippen LogP contribution in [0.4, 0.5) is 32.0 Å². The first-order valence-electron chi connectivity index (χ1n) is 7.21. The molecule has 0 spiro atoms. The van der Waals surface area contributed by atoms with E-state index in [-0.39, 0.29) is 11.3 Å². The standard InChI is InChI=1S/C14H10F6INO7/c15-13(16,17)12(25,14(18,19)20)11(24)29-6-5-28-10(23)9(21)7-1-3-8(4-2-7)22(26)27/h1-4,9,25H,5-6H2. The number of nitrogens with zero attached hydrogens (tertiary/aromatic N) is 1. The van der Waals surface area contributed by atoms with E-state index in [4.69, 9.17) is 5.11 Å². The van der Waals surface area contributed by atoms with E-state index in [1.807, 2.05) is 0 Å². The number of alkyl halides is 7. The minimum Gasteiger partial charge on any atom is -0.461 e. The van der Waals surface area contributed by atoms with Crippen molar-refractivity contribution in [2.75, 3.05) is 13.2 Å². The molecule has 0 heterocycles. The summed E-state index contributed by atoms with van der Waals surface area (Å²) in [5, 5.41) is 19.3. The van der Waals surface area contributed by atoms with Crippen molar-refractivity contribution in [2.24, 2.45) is 0 Å². The van der Waals surface area contributed by atoms with E-state index in [9.17, 15) is 46.0 Å². The molecule has 15 heteroatoms. The summed E-state index contributed by atoms with van der Waals surface area (Å²) in [5.41, 5.74) is -5.71. The maximum Gasteiger partial charge on any atom is 0.437 e. The van der Waals surface area contributed by atoms with Gasteiger partial charge in [-0.1, -0.05) is 34.7 Å². The molecule has 0 bridgehead atoms. The number of ether oxygens (including phenoxy) is 2. The zero-order valence-corrected chi connectivity index (χ0v) is 15.9. The minimum atomic E-state index is -6.39. The van der Waals surface area contributed by atoms with Crippen LogP contribution in [-0.2, 0) is 19.1 Å². The second kappa shape index (κ2) is 9.10. The Morgan fingerprint density at radius 2 is 1.48 bits per heavy atom. The predicted molar refractivity (Wildman–Crippen MR) is 88.8 cm³/mol. The SMILES string of the molecule is O=C(OCCOC(=O)C(O)(C(F)(F)F)C(F)(F)F)C(I)c1ccc([N+](=O)[O-])cc1. The Morgan fingerprint density at radius 3 is 1.90 bits per heavy atom. The lowest BCUT2D eigenvalue weighted by Crippen LogP contribution is -2.63. The zero-order chi connectivity index (χ0) is 22.6. The van der Waals surface area contributed by atoms with E-state index < -0.39 is 52.0 Å². The van der Waals surface area contributed by atoms with Crippen molar-refractivity contribution in [1.82, 2.24) is 0 Å². The average Bonchev–Trinajstić information content (AvgIpc) is 2.61. The second-order valence-electron chi connectivity index (χ2n) is 5.22. The number of benzene rings is 1. The molecule has 0 saturated heterocycles. The molecule has 162 valence electrons. The fourth-order valence-electron chi connectivity index (χ4n) is 1.75. The van der Waals surface area contributed by atoms with Gasteiger partial charge in [-0.15, -0.1) is 0 Å². The van der Waals surface area contributed by atoms with Gasteiger partial charge in [0.1, 0.15) is 17.1 Å². The first-order valence-corrected chi connectivity index (χ1v) is 8.45. The Morgan fingerprint density at radius 1 is 1.03 bits per heavy atom. The maximum absolute atomic E-state index is 12.5. The molecule has 1 N–H and O–H groups in total. The third kappa shape index (κ3) is 5.68. The van der Waals surface area contributed by atoms with Crippen LogP contribution in [0.3, 0.4) is 0 Å². The van der Waals surface area contributed by atoms with Crippen LogP contribution in [0.25, 0.3) is 0 Å². The largest absolute Gasteiger partial charge is 0.461 e. The zero-order valence-electron chi connectivity index (χ0n) is 13.8. The molecule has 0 aliphatic heterocycles. The molecule has 1 aromatic rings.